The van der Waals surface area contributed by atoms with Gasteiger partial charge in [-0.2, -0.15) is 0 Å². The molecule has 0 spiro atoms. The maximum atomic E-state index is 12.4. The van der Waals surface area contributed by atoms with Crippen LogP contribution in [0.15, 0.2) is 42.5 Å². The molecule has 0 aromatic heterocycles. The van der Waals surface area contributed by atoms with Gasteiger partial charge in [-0.05, 0) is 61.2 Å². The van der Waals surface area contributed by atoms with Crippen molar-refractivity contribution in [1.82, 2.24) is 15.8 Å². The van der Waals surface area contributed by atoms with Gasteiger partial charge in [0.25, 0.3) is 5.91 Å². The molecule has 8 heteroatoms. The molecule has 0 aliphatic carbocycles. The molecular weight excluding hydrogens is 430 g/mol. The van der Waals surface area contributed by atoms with Gasteiger partial charge in [-0.25, -0.2) is 0 Å². The van der Waals surface area contributed by atoms with Crippen LogP contribution in [0.4, 0.5) is 0 Å². The average molecular weight is 458 g/mol. The standard InChI is InChI=1S/C24H28ClN3O4/c1-3-22(29)28-12-4-5-19(14-28)24(31)27-26-23(30)18-8-6-17(7-9-18)15-32-20-10-11-21(25)16(2)13-20/h6-11,13,19H,3-5,12,14-15H2,1-2H3,(H,26,30)(H,27,31). The molecule has 0 radical (unpaired) electrons. The van der Waals surface area contributed by atoms with Crippen LogP contribution in [-0.2, 0) is 16.2 Å². The van der Waals surface area contributed by atoms with Gasteiger partial charge in [-0.1, -0.05) is 30.7 Å². The molecule has 3 amide bonds. The van der Waals surface area contributed by atoms with E-state index in [0.717, 1.165) is 23.3 Å². The molecule has 0 saturated carbocycles. The van der Waals surface area contributed by atoms with Crippen LogP contribution in [-0.4, -0.2) is 35.7 Å². The van der Waals surface area contributed by atoms with Crippen molar-refractivity contribution in [3.05, 3.63) is 64.2 Å². The lowest BCUT2D eigenvalue weighted by molar-refractivity contribution is -0.135. The summed E-state index contributed by atoms with van der Waals surface area (Å²) in [6.45, 7) is 5.14. The second-order valence-electron chi connectivity index (χ2n) is 7.87. The van der Waals surface area contributed by atoms with Gasteiger partial charge in [0, 0.05) is 30.1 Å². The van der Waals surface area contributed by atoms with Crippen LogP contribution >= 0.6 is 11.6 Å². The van der Waals surface area contributed by atoms with E-state index in [9.17, 15) is 14.4 Å². The zero-order valence-corrected chi connectivity index (χ0v) is 19.1. The molecule has 1 aliphatic heterocycles. The maximum Gasteiger partial charge on any atom is 0.269 e. The van der Waals surface area contributed by atoms with E-state index in [1.807, 2.05) is 26.0 Å². The van der Waals surface area contributed by atoms with Gasteiger partial charge in [-0.3, -0.25) is 25.2 Å². The van der Waals surface area contributed by atoms with Crippen LogP contribution in [0.25, 0.3) is 0 Å². The van der Waals surface area contributed by atoms with Crippen LogP contribution < -0.4 is 15.6 Å². The first-order chi connectivity index (χ1) is 15.4. The van der Waals surface area contributed by atoms with Crippen molar-refractivity contribution >= 4 is 29.3 Å². The molecule has 2 N–H and O–H groups in total. The number of aryl methyl sites for hydroxylation is 1. The Kier molecular flexibility index (Phi) is 8.11. The van der Waals surface area contributed by atoms with E-state index >= 15 is 0 Å². The summed E-state index contributed by atoms with van der Waals surface area (Å²) in [5.74, 6) is -0.248. The number of halogens is 1. The Balaban J connectivity index is 1.47. The average Bonchev–Trinajstić information content (AvgIpc) is 2.82. The first kappa shape index (κ1) is 23.6. The topological polar surface area (TPSA) is 87.7 Å². The molecular formula is C24H28ClN3O4. The second kappa shape index (κ2) is 11.0. The Morgan fingerprint density at radius 1 is 1.12 bits per heavy atom. The van der Waals surface area contributed by atoms with Gasteiger partial charge in [0.15, 0.2) is 0 Å². The van der Waals surface area contributed by atoms with Crippen LogP contribution in [0.2, 0.25) is 5.02 Å². The minimum absolute atomic E-state index is 0.0433. The molecule has 1 fully saturated rings. The monoisotopic (exact) mass is 457 g/mol. The van der Waals surface area contributed by atoms with Crippen molar-refractivity contribution in [1.29, 1.82) is 0 Å². The number of amides is 3. The number of piperidine rings is 1. The van der Waals surface area contributed by atoms with Crippen molar-refractivity contribution in [2.75, 3.05) is 13.1 Å². The highest BCUT2D eigenvalue weighted by molar-refractivity contribution is 6.31. The van der Waals surface area contributed by atoms with Crippen molar-refractivity contribution in [2.24, 2.45) is 5.92 Å². The number of nitrogens with one attached hydrogen (secondary N) is 2. The molecule has 0 bridgehead atoms. The number of carbonyl (C=O) groups excluding carboxylic acids is 3. The van der Waals surface area contributed by atoms with Gasteiger partial charge >= 0.3 is 0 Å². The summed E-state index contributed by atoms with van der Waals surface area (Å²) in [6.07, 6.45) is 1.89. The second-order valence-corrected chi connectivity index (χ2v) is 8.28. The molecule has 32 heavy (non-hydrogen) atoms. The Labute approximate surface area is 193 Å². The van der Waals surface area contributed by atoms with Crippen LogP contribution in [0, 0.1) is 12.8 Å². The van der Waals surface area contributed by atoms with Gasteiger partial charge < -0.3 is 9.64 Å². The quantitative estimate of drug-likeness (QED) is 0.648. The highest BCUT2D eigenvalue weighted by Gasteiger charge is 2.28. The molecule has 2 aromatic carbocycles. The van der Waals surface area contributed by atoms with Gasteiger partial charge in [-0.15, -0.1) is 0 Å². The summed E-state index contributed by atoms with van der Waals surface area (Å²) in [5, 5.41) is 0.690. The fourth-order valence-corrected chi connectivity index (χ4v) is 3.68. The summed E-state index contributed by atoms with van der Waals surface area (Å²) in [7, 11) is 0. The van der Waals surface area contributed by atoms with Crippen LogP contribution in [0.1, 0.15) is 47.7 Å². The zero-order valence-electron chi connectivity index (χ0n) is 18.3. The molecule has 1 aliphatic rings. The van der Waals surface area contributed by atoms with Crippen LogP contribution in [0.3, 0.4) is 0 Å². The zero-order chi connectivity index (χ0) is 23.1. The third-order valence-corrected chi connectivity index (χ3v) is 5.92. The number of rotatable bonds is 6. The number of hydrogen-bond acceptors (Lipinski definition) is 4. The van der Waals surface area contributed by atoms with E-state index in [2.05, 4.69) is 10.9 Å². The Bertz CT molecular complexity index is 978. The Hall–Kier alpha value is -3.06. The SMILES string of the molecule is CCC(=O)N1CCCC(C(=O)NNC(=O)c2ccc(COc3ccc(Cl)c(C)c3)cc2)C1. The van der Waals surface area contributed by atoms with E-state index in [1.165, 1.54) is 0 Å². The van der Waals surface area contributed by atoms with E-state index in [-0.39, 0.29) is 17.7 Å². The lowest BCUT2D eigenvalue weighted by Gasteiger charge is -2.31. The number of ether oxygens (including phenoxy) is 1. The molecule has 1 saturated heterocycles. The van der Waals surface area contributed by atoms with Crippen molar-refractivity contribution < 1.29 is 19.1 Å². The van der Waals surface area contributed by atoms with Crippen molar-refractivity contribution in [3.63, 3.8) is 0 Å². The number of nitrogens with zero attached hydrogens (tertiary/aromatic N) is 1. The van der Waals surface area contributed by atoms with Crippen molar-refractivity contribution in [3.8, 4) is 5.75 Å². The summed E-state index contributed by atoms with van der Waals surface area (Å²) >= 11 is 6.02. The number of likely N-dealkylation sites (tertiary alicyclic amines) is 1. The molecule has 1 atom stereocenters. The normalized spacial score (nSPS) is 15.7. The summed E-state index contributed by atoms with van der Waals surface area (Å²) in [4.78, 5) is 38.4. The smallest absolute Gasteiger partial charge is 0.269 e. The molecule has 1 unspecified atom stereocenters. The molecule has 3 rings (SSSR count). The van der Waals surface area contributed by atoms with E-state index in [0.29, 0.717) is 43.1 Å². The summed E-state index contributed by atoms with van der Waals surface area (Å²) < 4.78 is 5.76. The van der Waals surface area contributed by atoms with Crippen molar-refractivity contribution in [2.45, 2.75) is 39.7 Å². The minimum atomic E-state index is -0.406. The Morgan fingerprint density at radius 3 is 2.56 bits per heavy atom. The first-order valence-corrected chi connectivity index (χ1v) is 11.1. The van der Waals surface area contributed by atoms with E-state index < -0.39 is 5.91 Å². The summed E-state index contributed by atoms with van der Waals surface area (Å²) in [6, 6.07) is 12.4. The highest BCUT2D eigenvalue weighted by atomic mass is 35.5. The van der Waals surface area contributed by atoms with Crippen LogP contribution in [0.5, 0.6) is 5.75 Å². The highest BCUT2D eigenvalue weighted by Crippen LogP contribution is 2.22. The molecule has 2 aromatic rings. The number of carbonyl (C=O) groups is 3. The first-order valence-electron chi connectivity index (χ1n) is 10.7. The molecule has 1 heterocycles. The van der Waals surface area contributed by atoms with E-state index in [1.54, 1.807) is 35.2 Å². The predicted octanol–water partition coefficient (Wildman–Crippen LogP) is 3.64. The fourth-order valence-electron chi connectivity index (χ4n) is 3.56. The maximum absolute atomic E-state index is 12.4. The minimum Gasteiger partial charge on any atom is -0.489 e. The lowest BCUT2D eigenvalue weighted by Crippen LogP contribution is -2.49. The largest absolute Gasteiger partial charge is 0.489 e. The lowest BCUT2D eigenvalue weighted by atomic mass is 9.97. The number of hydrazine groups is 1. The van der Waals surface area contributed by atoms with Gasteiger partial charge in [0.1, 0.15) is 12.4 Å². The van der Waals surface area contributed by atoms with E-state index in [4.69, 9.17) is 16.3 Å². The molecule has 170 valence electrons. The summed E-state index contributed by atoms with van der Waals surface area (Å²) in [5.41, 5.74) is 7.21. The fraction of sp³-hybridized carbons (Fsp3) is 0.375. The predicted molar refractivity (Wildman–Crippen MR) is 122 cm³/mol. The van der Waals surface area contributed by atoms with Gasteiger partial charge in [0.2, 0.25) is 11.8 Å². The number of benzene rings is 2. The van der Waals surface area contributed by atoms with Gasteiger partial charge in [0.05, 0.1) is 5.92 Å². The third-order valence-electron chi connectivity index (χ3n) is 5.50. The third kappa shape index (κ3) is 6.23. The Morgan fingerprint density at radius 2 is 1.88 bits per heavy atom. The molecule has 7 nitrogen and oxygen atoms in total. The number of hydrogen-bond donors (Lipinski definition) is 2.